The minimum absolute atomic E-state index is 0.110. The second kappa shape index (κ2) is 8.04. The highest BCUT2D eigenvalue weighted by atomic mass is 19.1. The van der Waals surface area contributed by atoms with Gasteiger partial charge in [0, 0.05) is 12.7 Å². The quantitative estimate of drug-likeness (QED) is 0.707. The van der Waals surface area contributed by atoms with E-state index < -0.39 is 23.3 Å². The highest BCUT2D eigenvalue weighted by Crippen LogP contribution is 2.21. The summed E-state index contributed by atoms with van der Waals surface area (Å²) in [6.07, 6.45) is 4.99. The molecule has 3 N–H and O–H groups in total. The van der Waals surface area contributed by atoms with E-state index in [4.69, 9.17) is 6.42 Å². The lowest BCUT2D eigenvalue weighted by Crippen LogP contribution is -2.23. The molecular weight excluding hydrogens is 316 g/mol. The number of nitrogens with zero attached hydrogens (tertiary/aromatic N) is 1. The molecule has 1 amide bonds. The maximum atomic E-state index is 13.6. The van der Waals surface area contributed by atoms with Gasteiger partial charge in [-0.05, 0) is 24.3 Å². The van der Waals surface area contributed by atoms with Crippen LogP contribution in [0.3, 0.4) is 0 Å². The Morgan fingerprint density at radius 2 is 2.00 bits per heavy atom. The Balaban J connectivity index is 1.97. The number of hydrogen-bond donors (Lipinski definition) is 3. The molecule has 2 aromatic rings. The molecule has 124 valence electrons. The summed E-state index contributed by atoms with van der Waals surface area (Å²) in [5.74, 6) is 0.626. The molecule has 1 aromatic heterocycles. The molecule has 0 saturated carbocycles. The fraction of sp³-hybridized carbons (Fsp3) is 0.176. The zero-order chi connectivity index (χ0) is 17.5. The standard InChI is InChI=1S/C17H15F2N3O2/c1-2-8-20-17(24)11-6-7-15(21-9-11)22-10-14(23)16-12(18)4-3-5-13(16)19/h1,3-7,9,14,23H,8,10H2,(H,20,24)(H,21,22). The van der Waals surface area contributed by atoms with E-state index in [-0.39, 0.29) is 19.0 Å². The molecule has 0 radical (unpaired) electrons. The molecule has 7 heteroatoms. The molecule has 1 atom stereocenters. The third-order valence-electron chi connectivity index (χ3n) is 3.19. The monoisotopic (exact) mass is 331 g/mol. The number of pyridine rings is 1. The number of carbonyl (C=O) groups excluding carboxylic acids is 1. The van der Waals surface area contributed by atoms with Gasteiger partial charge in [-0.2, -0.15) is 0 Å². The van der Waals surface area contributed by atoms with Gasteiger partial charge in [0.05, 0.1) is 17.7 Å². The first-order valence-corrected chi connectivity index (χ1v) is 7.06. The van der Waals surface area contributed by atoms with Gasteiger partial charge < -0.3 is 15.7 Å². The van der Waals surface area contributed by atoms with Crippen molar-refractivity contribution in [2.45, 2.75) is 6.10 Å². The molecule has 2 rings (SSSR count). The number of carbonyl (C=O) groups is 1. The van der Waals surface area contributed by atoms with Gasteiger partial charge >= 0.3 is 0 Å². The average Bonchev–Trinajstić information content (AvgIpc) is 2.58. The lowest BCUT2D eigenvalue weighted by atomic mass is 10.1. The van der Waals surface area contributed by atoms with Crippen molar-refractivity contribution in [1.29, 1.82) is 0 Å². The van der Waals surface area contributed by atoms with E-state index in [2.05, 4.69) is 21.5 Å². The Labute approximate surface area is 137 Å². The van der Waals surface area contributed by atoms with E-state index in [1.807, 2.05) is 0 Å². The van der Waals surface area contributed by atoms with Gasteiger partial charge in [-0.3, -0.25) is 4.79 Å². The van der Waals surface area contributed by atoms with Gasteiger partial charge in [-0.15, -0.1) is 6.42 Å². The first-order valence-electron chi connectivity index (χ1n) is 7.06. The van der Waals surface area contributed by atoms with Gasteiger partial charge in [-0.1, -0.05) is 12.0 Å². The summed E-state index contributed by atoms with van der Waals surface area (Å²) in [4.78, 5) is 15.6. The Morgan fingerprint density at radius 3 is 2.58 bits per heavy atom. The number of aliphatic hydroxyl groups excluding tert-OH is 1. The normalized spacial score (nSPS) is 11.4. The van der Waals surface area contributed by atoms with Crippen molar-refractivity contribution in [2.24, 2.45) is 0 Å². The molecule has 0 aliphatic rings. The van der Waals surface area contributed by atoms with Crippen LogP contribution in [0.2, 0.25) is 0 Å². The SMILES string of the molecule is C#CCNC(=O)c1ccc(NCC(O)c2c(F)cccc2F)nc1. The van der Waals surface area contributed by atoms with E-state index in [1.165, 1.54) is 24.4 Å². The van der Waals surface area contributed by atoms with Crippen molar-refractivity contribution in [3.05, 3.63) is 59.3 Å². The van der Waals surface area contributed by atoms with Gasteiger partial charge in [0.25, 0.3) is 5.91 Å². The van der Waals surface area contributed by atoms with Crippen LogP contribution in [-0.4, -0.2) is 29.1 Å². The van der Waals surface area contributed by atoms with Crippen molar-refractivity contribution in [1.82, 2.24) is 10.3 Å². The third-order valence-corrected chi connectivity index (χ3v) is 3.19. The van der Waals surface area contributed by atoms with Crippen molar-refractivity contribution < 1.29 is 18.7 Å². The van der Waals surface area contributed by atoms with Crippen molar-refractivity contribution >= 4 is 11.7 Å². The summed E-state index contributed by atoms with van der Waals surface area (Å²) in [7, 11) is 0. The fourth-order valence-corrected chi connectivity index (χ4v) is 2.00. The number of terminal acetylenes is 1. The number of benzene rings is 1. The summed E-state index contributed by atoms with van der Waals surface area (Å²) in [6.45, 7) is -0.0350. The molecule has 5 nitrogen and oxygen atoms in total. The van der Waals surface area contributed by atoms with E-state index in [9.17, 15) is 18.7 Å². The van der Waals surface area contributed by atoms with Gasteiger partial charge in [0.1, 0.15) is 23.6 Å². The Bertz CT molecular complexity index is 737. The molecule has 1 aromatic carbocycles. The Hall–Kier alpha value is -2.98. The molecule has 24 heavy (non-hydrogen) atoms. The fourth-order valence-electron chi connectivity index (χ4n) is 2.00. The summed E-state index contributed by atoms with van der Waals surface area (Å²) in [6, 6.07) is 6.39. The van der Waals surface area contributed by atoms with Crippen LogP contribution >= 0.6 is 0 Å². The number of anilines is 1. The second-order valence-electron chi connectivity index (χ2n) is 4.85. The predicted octanol–water partition coefficient (Wildman–Crippen LogP) is 1.87. The largest absolute Gasteiger partial charge is 0.386 e. The van der Waals surface area contributed by atoms with Crippen LogP contribution in [0.5, 0.6) is 0 Å². The third kappa shape index (κ3) is 4.27. The number of aliphatic hydroxyl groups is 1. The topological polar surface area (TPSA) is 74.2 Å². The van der Waals surface area contributed by atoms with E-state index in [1.54, 1.807) is 0 Å². The number of aromatic nitrogens is 1. The Morgan fingerprint density at radius 1 is 1.29 bits per heavy atom. The maximum absolute atomic E-state index is 13.6. The van der Waals surface area contributed by atoms with Crippen LogP contribution in [0.4, 0.5) is 14.6 Å². The van der Waals surface area contributed by atoms with Crippen LogP contribution in [0.25, 0.3) is 0 Å². The molecule has 0 bridgehead atoms. The molecule has 0 spiro atoms. The van der Waals surface area contributed by atoms with Crippen molar-refractivity contribution in [2.75, 3.05) is 18.4 Å². The highest BCUT2D eigenvalue weighted by molar-refractivity contribution is 5.94. The summed E-state index contributed by atoms with van der Waals surface area (Å²) >= 11 is 0. The first kappa shape index (κ1) is 17.4. The van der Waals surface area contributed by atoms with Crippen LogP contribution < -0.4 is 10.6 Å². The molecule has 0 saturated heterocycles. The van der Waals surface area contributed by atoms with E-state index >= 15 is 0 Å². The molecular formula is C17H15F2N3O2. The maximum Gasteiger partial charge on any atom is 0.253 e. The van der Waals surface area contributed by atoms with E-state index in [0.717, 1.165) is 12.1 Å². The number of halogens is 2. The van der Waals surface area contributed by atoms with Crippen LogP contribution in [0.15, 0.2) is 36.5 Å². The van der Waals surface area contributed by atoms with Crippen molar-refractivity contribution in [3.8, 4) is 12.3 Å². The van der Waals surface area contributed by atoms with Gasteiger partial charge in [-0.25, -0.2) is 13.8 Å². The van der Waals surface area contributed by atoms with Crippen LogP contribution in [0, 0.1) is 24.0 Å². The smallest absolute Gasteiger partial charge is 0.253 e. The first-order chi connectivity index (χ1) is 11.5. The van der Waals surface area contributed by atoms with Crippen molar-refractivity contribution in [3.63, 3.8) is 0 Å². The predicted molar refractivity (Wildman–Crippen MR) is 85.2 cm³/mol. The lowest BCUT2D eigenvalue weighted by molar-refractivity contribution is 0.0958. The van der Waals surface area contributed by atoms with Crippen LogP contribution in [-0.2, 0) is 0 Å². The number of rotatable bonds is 6. The second-order valence-corrected chi connectivity index (χ2v) is 4.85. The number of amides is 1. The molecule has 1 heterocycles. The molecule has 0 aliphatic heterocycles. The summed E-state index contributed by atoms with van der Waals surface area (Å²) in [5, 5.41) is 15.2. The molecule has 0 fully saturated rings. The summed E-state index contributed by atoms with van der Waals surface area (Å²) < 4.78 is 27.1. The molecule has 0 aliphatic carbocycles. The minimum Gasteiger partial charge on any atom is -0.386 e. The highest BCUT2D eigenvalue weighted by Gasteiger charge is 2.17. The zero-order valence-corrected chi connectivity index (χ0v) is 12.6. The molecule has 1 unspecified atom stereocenters. The average molecular weight is 331 g/mol. The number of hydrogen-bond acceptors (Lipinski definition) is 4. The lowest BCUT2D eigenvalue weighted by Gasteiger charge is -2.14. The van der Waals surface area contributed by atoms with E-state index in [0.29, 0.717) is 11.4 Å². The zero-order valence-electron chi connectivity index (χ0n) is 12.6. The summed E-state index contributed by atoms with van der Waals surface area (Å²) in [5.41, 5.74) is -0.0909. The van der Waals surface area contributed by atoms with Gasteiger partial charge in [0.15, 0.2) is 0 Å². The number of nitrogens with one attached hydrogen (secondary N) is 2. The minimum atomic E-state index is -1.38. The Kier molecular flexibility index (Phi) is 5.82. The van der Waals surface area contributed by atoms with Crippen LogP contribution in [0.1, 0.15) is 22.0 Å². The van der Waals surface area contributed by atoms with Gasteiger partial charge in [0.2, 0.25) is 0 Å².